The molecular weight excluding hydrogens is 326 g/mol. The van der Waals surface area contributed by atoms with Crippen molar-refractivity contribution < 1.29 is 4.79 Å². The number of aromatic nitrogens is 3. The Balaban J connectivity index is 1.68. The Labute approximate surface area is 152 Å². The van der Waals surface area contributed by atoms with Gasteiger partial charge in [0, 0.05) is 23.7 Å². The van der Waals surface area contributed by atoms with Crippen LogP contribution in [0.5, 0.6) is 0 Å². The van der Waals surface area contributed by atoms with E-state index in [9.17, 15) is 4.79 Å². The Morgan fingerprint density at radius 1 is 1.27 bits per heavy atom. The van der Waals surface area contributed by atoms with Crippen LogP contribution < -0.4 is 5.32 Å². The lowest BCUT2D eigenvalue weighted by atomic mass is 10.1. The molecule has 0 saturated carbocycles. The second-order valence-electron chi connectivity index (χ2n) is 6.21. The smallest absolute Gasteiger partial charge is 0.224 e. The van der Waals surface area contributed by atoms with Crippen molar-refractivity contribution in [1.29, 1.82) is 5.26 Å². The molecule has 1 amide bonds. The number of anilines is 1. The van der Waals surface area contributed by atoms with Gasteiger partial charge in [-0.1, -0.05) is 18.2 Å². The van der Waals surface area contributed by atoms with Gasteiger partial charge in [-0.15, -0.1) is 0 Å². The summed E-state index contributed by atoms with van der Waals surface area (Å²) in [5.41, 5.74) is 4.54. The van der Waals surface area contributed by atoms with Crippen LogP contribution in [-0.4, -0.2) is 20.7 Å². The van der Waals surface area contributed by atoms with E-state index in [1.54, 1.807) is 6.20 Å². The van der Waals surface area contributed by atoms with Crippen molar-refractivity contribution >= 4 is 22.5 Å². The number of nitrogens with zero attached hydrogens (tertiary/aromatic N) is 4. The summed E-state index contributed by atoms with van der Waals surface area (Å²) in [4.78, 5) is 16.8. The molecule has 3 aromatic rings. The van der Waals surface area contributed by atoms with E-state index in [1.807, 2.05) is 48.9 Å². The van der Waals surface area contributed by atoms with E-state index in [0.29, 0.717) is 25.8 Å². The summed E-state index contributed by atoms with van der Waals surface area (Å²) >= 11 is 0. The first-order valence-electron chi connectivity index (χ1n) is 8.63. The van der Waals surface area contributed by atoms with E-state index in [0.717, 1.165) is 33.5 Å². The zero-order valence-electron chi connectivity index (χ0n) is 15.0. The number of aryl methyl sites for hydroxylation is 2. The number of carbonyl (C=O) groups excluding carboxylic acids is 1. The maximum absolute atomic E-state index is 12.4. The molecule has 2 heterocycles. The molecule has 26 heavy (non-hydrogen) atoms. The number of benzene rings is 1. The Bertz CT molecular complexity index is 978. The van der Waals surface area contributed by atoms with Gasteiger partial charge in [-0.25, -0.2) is 0 Å². The van der Waals surface area contributed by atoms with Crippen molar-refractivity contribution in [2.45, 2.75) is 39.7 Å². The first-order valence-corrected chi connectivity index (χ1v) is 8.63. The molecule has 6 heteroatoms. The number of hydrogen-bond acceptors (Lipinski definition) is 4. The van der Waals surface area contributed by atoms with Crippen LogP contribution in [0, 0.1) is 25.2 Å². The summed E-state index contributed by atoms with van der Waals surface area (Å²) in [6.07, 6.45) is 3.14. The Morgan fingerprint density at radius 3 is 2.88 bits per heavy atom. The molecular formula is C20H21N5O. The molecule has 0 aliphatic heterocycles. The molecule has 0 fully saturated rings. The average Bonchev–Trinajstić information content (AvgIpc) is 2.92. The number of carbonyl (C=O) groups is 1. The van der Waals surface area contributed by atoms with E-state index in [-0.39, 0.29) is 5.91 Å². The number of amides is 1. The first-order chi connectivity index (χ1) is 12.6. The van der Waals surface area contributed by atoms with E-state index in [4.69, 9.17) is 5.26 Å². The van der Waals surface area contributed by atoms with Gasteiger partial charge in [0.25, 0.3) is 0 Å². The fourth-order valence-electron chi connectivity index (χ4n) is 3.13. The van der Waals surface area contributed by atoms with Crippen molar-refractivity contribution in [3.63, 3.8) is 0 Å². The molecule has 0 saturated heterocycles. The predicted octanol–water partition coefficient (Wildman–Crippen LogP) is 3.53. The third kappa shape index (κ3) is 3.72. The van der Waals surface area contributed by atoms with E-state index in [1.165, 1.54) is 0 Å². The third-order valence-electron chi connectivity index (χ3n) is 4.48. The highest BCUT2D eigenvalue weighted by atomic mass is 16.1. The molecule has 0 aliphatic rings. The van der Waals surface area contributed by atoms with Crippen molar-refractivity contribution in [3.05, 3.63) is 53.5 Å². The molecule has 1 aromatic carbocycles. The minimum atomic E-state index is -0.0493. The third-order valence-corrected chi connectivity index (χ3v) is 4.48. The fraction of sp³-hybridized carbons (Fsp3) is 0.300. The fourth-order valence-corrected chi connectivity index (χ4v) is 3.13. The molecule has 0 aliphatic carbocycles. The Morgan fingerprint density at radius 2 is 2.08 bits per heavy atom. The maximum Gasteiger partial charge on any atom is 0.224 e. The zero-order valence-corrected chi connectivity index (χ0v) is 15.0. The van der Waals surface area contributed by atoms with Crippen LogP contribution in [0.4, 0.5) is 5.69 Å². The molecule has 0 atom stereocenters. The van der Waals surface area contributed by atoms with Gasteiger partial charge in [-0.05, 0) is 38.0 Å². The van der Waals surface area contributed by atoms with Crippen LogP contribution in [-0.2, 0) is 17.8 Å². The van der Waals surface area contributed by atoms with Crippen LogP contribution in [0.2, 0.25) is 0 Å². The lowest BCUT2D eigenvalue weighted by molar-refractivity contribution is -0.116. The molecule has 3 rings (SSSR count). The number of rotatable bonds is 6. The highest BCUT2D eigenvalue weighted by Crippen LogP contribution is 2.21. The summed E-state index contributed by atoms with van der Waals surface area (Å²) in [6, 6.07) is 11.7. The van der Waals surface area contributed by atoms with Crippen molar-refractivity contribution in [3.8, 4) is 6.07 Å². The molecule has 0 unspecified atom stereocenters. The van der Waals surface area contributed by atoms with Gasteiger partial charge in [0.2, 0.25) is 5.91 Å². The SMILES string of the molecule is Cc1nn(CCC#N)c(C)c1CCC(=O)Nc1cccc2cccnc12. The monoisotopic (exact) mass is 347 g/mol. The normalized spacial score (nSPS) is 10.7. The standard InChI is InChI=1S/C20H21N5O/c1-14-17(15(2)25(24-14)13-5-11-21)9-10-19(26)23-18-8-3-6-16-7-4-12-22-20(16)18/h3-4,6-8,12H,5,9-10,13H2,1-2H3,(H,23,26). The highest BCUT2D eigenvalue weighted by Gasteiger charge is 2.13. The molecule has 0 radical (unpaired) electrons. The van der Waals surface area contributed by atoms with Gasteiger partial charge >= 0.3 is 0 Å². The zero-order chi connectivity index (χ0) is 18.5. The number of para-hydroxylation sites is 1. The second kappa shape index (κ2) is 7.79. The van der Waals surface area contributed by atoms with E-state index in [2.05, 4.69) is 21.5 Å². The molecule has 1 N–H and O–H groups in total. The lowest BCUT2D eigenvalue weighted by Gasteiger charge is -2.08. The van der Waals surface area contributed by atoms with Crippen LogP contribution in [0.15, 0.2) is 36.5 Å². The number of nitriles is 1. The molecule has 0 spiro atoms. The van der Waals surface area contributed by atoms with Crippen LogP contribution >= 0.6 is 0 Å². The number of pyridine rings is 1. The van der Waals surface area contributed by atoms with Crippen molar-refractivity contribution in [1.82, 2.24) is 14.8 Å². The van der Waals surface area contributed by atoms with Gasteiger partial charge in [-0.2, -0.15) is 10.4 Å². The minimum Gasteiger partial charge on any atom is -0.324 e. The van der Waals surface area contributed by atoms with Gasteiger partial charge in [0.15, 0.2) is 0 Å². The van der Waals surface area contributed by atoms with Crippen LogP contribution in [0.1, 0.15) is 29.8 Å². The van der Waals surface area contributed by atoms with E-state index >= 15 is 0 Å². The largest absolute Gasteiger partial charge is 0.324 e. The maximum atomic E-state index is 12.4. The van der Waals surface area contributed by atoms with E-state index < -0.39 is 0 Å². The average molecular weight is 347 g/mol. The molecule has 0 bridgehead atoms. The summed E-state index contributed by atoms with van der Waals surface area (Å²) in [7, 11) is 0. The summed E-state index contributed by atoms with van der Waals surface area (Å²) in [5.74, 6) is -0.0493. The first kappa shape index (κ1) is 17.6. The Kier molecular flexibility index (Phi) is 5.28. The van der Waals surface area contributed by atoms with Crippen molar-refractivity contribution in [2.24, 2.45) is 0 Å². The van der Waals surface area contributed by atoms with Gasteiger partial charge in [-0.3, -0.25) is 14.5 Å². The lowest BCUT2D eigenvalue weighted by Crippen LogP contribution is -2.13. The number of nitrogens with one attached hydrogen (secondary N) is 1. The molecule has 2 aromatic heterocycles. The minimum absolute atomic E-state index is 0.0493. The number of fused-ring (bicyclic) bond motifs is 1. The highest BCUT2D eigenvalue weighted by molar-refractivity contribution is 6.00. The van der Waals surface area contributed by atoms with Crippen LogP contribution in [0.25, 0.3) is 10.9 Å². The summed E-state index contributed by atoms with van der Waals surface area (Å²) < 4.78 is 1.85. The van der Waals surface area contributed by atoms with Gasteiger partial charge in [0.05, 0.1) is 35.9 Å². The predicted molar refractivity (Wildman–Crippen MR) is 101 cm³/mol. The van der Waals surface area contributed by atoms with Gasteiger partial charge < -0.3 is 5.32 Å². The Hall–Kier alpha value is -3.20. The summed E-state index contributed by atoms with van der Waals surface area (Å²) in [5, 5.41) is 17.2. The topological polar surface area (TPSA) is 83.6 Å². The second-order valence-corrected chi connectivity index (χ2v) is 6.21. The molecule has 6 nitrogen and oxygen atoms in total. The summed E-state index contributed by atoms with van der Waals surface area (Å²) in [6.45, 7) is 4.51. The number of hydrogen-bond donors (Lipinski definition) is 1. The molecule has 132 valence electrons. The van der Waals surface area contributed by atoms with Crippen LogP contribution in [0.3, 0.4) is 0 Å². The quantitative estimate of drug-likeness (QED) is 0.739. The van der Waals surface area contributed by atoms with Crippen molar-refractivity contribution in [2.75, 3.05) is 5.32 Å². The van der Waals surface area contributed by atoms with Gasteiger partial charge in [0.1, 0.15) is 0 Å².